The molecular formula is C12H17Br2ClN4O. The summed E-state index contributed by atoms with van der Waals surface area (Å²) in [6.45, 7) is 4.27. The van der Waals surface area contributed by atoms with E-state index >= 15 is 0 Å². The molecule has 0 spiro atoms. The van der Waals surface area contributed by atoms with Gasteiger partial charge < -0.3 is 15.5 Å². The van der Waals surface area contributed by atoms with Crippen molar-refractivity contribution in [3.63, 3.8) is 0 Å². The smallest absolute Gasteiger partial charge is 0.198 e. The summed E-state index contributed by atoms with van der Waals surface area (Å²) in [5, 5.41) is 0.703. The first-order valence-electron chi connectivity index (χ1n) is 5.96. The van der Waals surface area contributed by atoms with E-state index in [9.17, 15) is 0 Å². The van der Waals surface area contributed by atoms with E-state index in [2.05, 4.69) is 14.9 Å². The van der Waals surface area contributed by atoms with Gasteiger partial charge in [0.1, 0.15) is 0 Å². The Labute approximate surface area is 143 Å². The highest BCUT2D eigenvalue weighted by atomic mass is 79.9. The number of fused-ring (bicyclic) bond motifs is 1. The highest BCUT2D eigenvalue weighted by Crippen LogP contribution is 2.24. The molecule has 8 heteroatoms. The van der Waals surface area contributed by atoms with Gasteiger partial charge in [-0.15, -0.1) is 34.0 Å². The summed E-state index contributed by atoms with van der Waals surface area (Å²) in [6.07, 6.45) is 0. The summed E-state index contributed by atoms with van der Waals surface area (Å²) in [4.78, 5) is 9.67. The number of hydrogen-bond donors (Lipinski definition) is 2. The number of nitrogens with zero attached hydrogens (tertiary/aromatic N) is 2. The summed E-state index contributed by atoms with van der Waals surface area (Å²) in [6, 6.07) is 3.81. The number of rotatable bonds is 2. The van der Waals surface area contributed by atoms with Crippen molar-refractivity contribution < 1.29 is 4.74 Å². The van der Waals surface area contributed by atoms with Crippen LogP contribution < -0.4 is 5.73 Å². The molecule has 2 aromatic rings. The maximum atomic E-state index is 6.12. The van der Waals surface area contributed by atoms with E-state index in [1.807, 2.05) is 12.1 Å². The first-order chi connectivity index (χ1) is 8.72. The molecule has 1 aromatic heterocycles. The lowest BCUT2D eigenvalue weighted by molar-refractivity contribution is 0.0343. The number of ether oxygens (including phenoxy) is 1. The van der Waals surface area contributed by atoms with E-state index in [-0.39, 0.29) is 34.0 Å². The number of hydrogen-bond acceptors (Lipinski definition) is 4. The molecule has 1 aliphatic rings. The van der Waals surface area contributed by atoms with Crippen molar-refractivity contribution in [3.05, 3.63) is 22.7 Å². The van der Waals surface area contributed by atoms with Crippen LogP contribution in [-0.2, 0) is 11.3 Å². The van der Waals surface area contributed by atoms with Crippen LogP contribution in [0.3, 0.4) is 0 Å². The normalized spacial score (nSPS) is 15.7. The molecule has 2 heterocycles. The lowest BCUT2D eigenvalue weighted by Crippen LogP contribution is -2.35. The third-order valence-electron chi connectivity index (χ3n) is 3.15. The van der Waals surface area contributed by atoms with Crippen molar-refractivity contribution in [2.45, 2.75) is 6.54 Å². The summed E-state index contributed by atoms with van der Waals surface area (Å²) >= 11 is 6.12. The fourth-order valence-electron chi connectivity index (χ4n) is 2.29. The highest BCUT2D eigenvalue weighted by Gasteiger charge is 2.14. The van der Waals surface area contributed by atoms with Gasteiger partial charge in [-0.25, -0.2) is 4.98 Å². The van der Waals surface area contributed by atoms with Gasteiger partial charge in [-0.05, 0) is 17.7 Å². The minimum Gasteiger partial charge on any atom is -0.379 e. The Balaban J connectivity index is 0.000001000. The molecule has 0 saturated carbocycles. The van der Waals surface area contributed by atoms with E-state index in [1.165, 1.54) is 0 Å². The first-order valence-corrected chi connectivity index (χ1v) is 6.34. The maximum absolute atomic E-state index is 6.12. The van der Waals surface area contributed by atoms with Gasteiger partial charge in [-0.3, -0.25) is 4.90 Å². The third-order valence-corrected chi connectivity index (χ3v) is 3.36. The molecule has 0 bridgehead atoms. The number of halogens is 3. The quantitative estimate of drug-likeness (QED) is 0.772. The predicted octanol–water partition coefficient (Wildman–Crippen LogP) is 2.79. The van der Waals surface area contributed by atoms with Crippen LogP contribution in [0.1, 0.15) is 5.56 Å². The zero-order valence-electron chi connectivity index (χ0n) is 10.8. The molecule has 1 aliphatic heterocycles. The Morgan fingerprint density at radius 1 is 1.30 bits per heavy atom. The van der Waals surface area contributed by atoms with E-state index in [0.29, 0.717) is 11.0 Å². The lowest BCUT2D eigenvalue weighted by Gasteiger charge is -2.26. The summed E-state index contributed by atoms with van der Waals surface area (Å²) in [5.41, 5.74) is 8.60. The van der Waals surface area contributed by atoms with Crippen molar-refractivity contribution in [2.24, 2.45) is 0 Å². The van der Waals surface area contributed by atoms with Crippen LogP contribution in [0.4, 0.5) is 5.95 Å². The van der Waals surface area contributed by atoms with Gasteiger partial charge in [0.25, 0.3) is 0 Å². The molecule has 0 unspecified atom stereocenters. The van der Waals surface area contributed by atoms with Crippen molar-refractivity contribution >= 4 is 62.5 Å². The van der Waals surface area contributed by atoms with E-state index in [4.69, 9.17) is 22.1 Å². The van der Waals surface area contributed by atoms with Gasteiger partial charge in [0, 0.05) is 24.7 Å². The molecule has 0 amide bonds. The number of nitrogen functional groups attached to an aromatic ring is 1. The first kappa shape index (κ1) is 17.7. The van der Waals surface area contributed by atoms with Gasteiger partial charge in [0.2, 0.25) is 0 Å². The van der Waals surface area contributed by atoms with E-state index in [0.717, 1.165) is 49.4 Å². The van der Waals surface area contributed by atoms with Crippen molar-refractivity contribution in [3.8, 4) is 0 Å². The third kappa shape index (κ3) is 3.85. The number of nitrogens with one attached hydrogen (secondary N) is 1. The van der Waals surface area contributed by atoms with Crippen molar-refractivity contribution in [2.75, 3.05) is 32.0 Å². The monoisotopic (exact) mass is 426 g/mol. The van der Waals surface area contributed by atoms with Crippen LogP contribution in [0.15, 0.2) is 12.1 Å². The zero-order valence-corrected chi connectivity index (χ0v) is 14.9. The van der Waals surface area contributed by atoms with Crippen LogP contribution in [0.5, 0.6) is 0 Å². The fraction of sp³-hybridized carbons (Fsp3) is 0.417. The van der Waals surface area contributed by atoms with Crippen LogP contribution in [0.2, 0.25) is 5.02 Å². The average Bonchev–Trinajstić information content (AvgIpc) is 2.71. The standard InChI is InChI=1S/C12H15ClN4O.2BrH/c13-9-5-8(7-17-1-3-18-4-2-17)11-10(6-9)15-12(14)16-11;;/h5-6H,1-4,7H2,(H3,14,15,16);2*1H. The lowest BCUT2D eigenvalue weighted by atomic mass is 10.1. The van der Waals surface area contributed by atoms with Gasteiger partial charge in [-0.2, -0.15) is 0 Å². The number of imidazole rings is 1. The van der Waals surface area contributed by atoms with Gasteiger partial charge in [0.15, 0.2) is 5.95 Å². The van der Waals surface area contributed by atoms with Crippen LogP contribution in [0, 0.1) is 0 Å². The van der Waals surface area contributed by atoms with Crippen LogP contribution >= 0.6 is 45.6 Å². The van der Waals surface area contributed by atoms with Crippen molar-refractivity contribution in [1.29, 1.82) is 0 Å². The molecule has 3 N–H and O–H groups in total. The fourth-order valence-corrected chi connectivity index (χ4v) is 2.53. The summed E-state index contributed by atoms with van der Waals surface area (Å²) < 4.78 is 5.34. The van der Waals surface area contributed by atoms with Crippen LogP contribution in [-0.4, -0.2) is 41.2 Å². The number of H-pyrrole nitrogens is 1. The second-order valence-corrected chi connectivity index (χ2v) is 4.91. The Kier molecular flexibility index (Phi) is 6.74. The minimum absolute atomic E-state index is 0. The Hall–Kier alpha value is -0.340. The second kappa shape index (κ2) is 7.61. The van der Waals surface area contributed by atoms with Crippen molar-refractivity contribution in [1.82, 2.24) is 14.9 Å². The highest BCUT2D eigenvalue weighted by molar-refractivity contribution is 8.93. The topological polar surface area (TPSA) is 67.2 Å². The van der Waals surface area contributed by atoms with Crippen LogP contribution in [0.25, 0.3) is 11.0 Å². The molecule has 1 saturated heterocycles. The Morgan fingerprint density at radius 3 is 2.70 bits per heavy atom. The molecule has 0 aliphatic carbocycles. The number of anilines is 1. The summed E-state index contributed by atoms with van der Waals surface area (Å²) in [7, 11) is 0. The molecule has 3 rings (SSSR count). The molecule has 0 radical (unpaired) electrons. The summed E-state index contributed by atoms with van der Waals surface area (Å²) in [5.74, 6) is 0.426. The number of nitrogens with two attached hydrogens (primary N) is 1. The zero-order chi connectivity index (χ0) is 12.5. The molecule has 0 atom stereocenters. The predicted molar refractivity (Wildman–Crippen MR) is 92.3 cm³/mol. The Morgan fingerprint density at radius 2 is 2.00 bits per heavy atom. The number of morpholine rings is 1. The SMILES string of the molecule is Br.Br.Nc1nc2c(CN3CCOCC3)cc(Cl)cc2[nH]1. The largest absolute Gasteiger partial charge is 0.379 e. The number of aromatic amines is 1. The molecule has 112 valence electrons. The van der Waals surface area contributed by atoms with E-state index < -0.39 is 0 Å². The maximum Gasteiger partial charge on any atom is 0.198 e. The van der Waals surface area contributed by atoms with Gasteiger partial charge in [-0.1, -0.05) is 11.6 Å². The molecule has 5 nitrogen and oxygen atoms in total. The Bertz CT molecular complexity index is 572. The average molecular weight is 429 g/mol. The minimum atomic E-state index is 0. The second-order valence-electron chi connectivity index (χ2n) is 4.47. The molecule has 1 fully saturated rings. The molecular weight excluding hydrogens is 411 g/mol. The molecule has 1 aromatic carbocycles. The van der Waals surface area contributed by atoms with Gasteiger partial charge in [0.05, 0.1) is 24.2 Å². The number of benzene rings is 1. The molecule has 20 heavy (non-hydrogen) atoms. The van der Waals surface area contributed by atoms with E-state index in [1.54, 1.807) is 0 Å². The number of aromatic nitrogens is 2. The van der Waals surface area contributed by atoms with Gasteiger partial charge >= 0.3 is 0 Å².